The molecule has 0 saturated carbocycles. The van der Waals surface area contributed by atoms with Gasteiger partial charge in [0.05, 0.1) is 12.3 Å². The number of aryl methyl sites for hydroxylation is 2. The van der Waals surface area contributed by atoms with Crippen molar-refractivity contribution in [2.75, 3.05) is 19.7 Å². The molecule has 1 aromatic carbocycles. The Morgan fingerprint density at radius 3 is 2.80 bits per heavy atom. The highest BCUT2D eigenvalue weighted by molar-refractivity contribution is 5.60. The number of hydrogen-bond acceptors (Lipinski definition) is 4. The Bertz CT molecular complexity index is 720. The summed E-state index contributed by atoms with van der Waals surface area (Å²) in [5, 5.41) is 7.78. The van der Waals surface area contributed by atoms with Gasteiger partial charge in [-0.05, 0) is 81.9 Å². The Morgan fingerprint density at radius 2 is 2.12 bits per heavy atom. The summed E-state index contributed by atoms with van der Waals surface area (Å²) in [6.07, 6.45) is 4.96. The highest BCUT2D eigenvalue weighted by atomic mass is 16.5. The summed E-state index contributed by atoms with van der Waals surface area (Å²) >= 11 is 0. The fourth-order valence-electron chi connectivity index (χ4n) is 3.35. The van der Waals surface area contributed by atoms with Crippen molar-refractivity contribution in [2.24, 2.45) is 13.0 Å². The van der Waals surface area contributed by atoms with Crippen molar-refractivity contribution in [3.05, 3.63) is 46.2 Å². The summed E-state index contributed by atoms with van der Waals surface area (Å²) in [4.78, 5) is 11.7. The summed E-state index contributed by atoms with van der Waals surface area (Å²) in [6.45, 7) is 4.89. The van der Waals surface area contributed by atoms with E-state index in [9.17, 15) is 4.79 Å². The molecule has 0 bridgehead atoms. The van der Waals surface area contributed by atoms with E-state index in [2.05, 4.69) is 10.4 Å². The Kier molecular flexibility index (Phi) is 5.87. The lowest BCUT2D eigenvalue weighted by molar-refractivity contribution is 0.275. The second-order valence-corrected chi connectivity index (χ2v) is 6.87. The molecular weight excluding hydrogens is 314 g/mol. The number of ether oxygens (including phenoxy) is 1. The van der Waals surface area contributed by atoms with Crippen molar-refractivity contribution in [3.63, 3.8) is 0 Å². The predicted octanol–water partition coefficient (Wildman–Crippen LogP) is 2.91. The van der Waals surface area contributed by atoms with Gasteiger partial charge in [0.15, 0.2) is 0 Å². The molecule has 0 spiro atoms. The van der Waals surface area contributed by atoms with E-state index < -0.39 is 0 Å². The summed E-state index contributed by atoms with van der Waals surface area (Å²) in [6, 6.07) is 9.76. The van der Waals surface area contributed by atoms with E-state index in [1.165, 1.54) is 30.5 Å². The summed E-state index contributed by atoms with van der Waals surface area (Å²) in [5.41, 5.74) is 2.43. The lowest BCUT2D eigenvalue weighted by Crippen LogP contribution is -2.29. The van der Waals surface area contributed by atoms with Crippen LogP contribution < -0.4 is 15.6 Å². The van der Waals surface area contributed by atoms with E-state index in [1.807, 2.05) is 37.3 Å². The smallest absolute Gasteiger partial charge is 0.269 e. The topological polar surface area (TPSA) is 56.1 Å². The Balaban J connectivity index is 1.52. The van der Waals surface area contributed by atoms with E-state index in [1.54, 1.807) is 7.05 Å². The number of hydrogen-bond donors (Lipinski definition) is 1. The first-order chi connectivity index (χ1) is 12.1. The van der Waals surface area contributed by atoms with Crippen LogP contribution in [0, 0.1) is 12.8 Å². The molecule has 2 heterocycles. The van der Waals surface area contributed by atoms with Crippen LogP contribution in [0.4, 0.5) is 0 Å². The fraction of sp³-hybridized carbons (Fsp3) is 0.500. The molecule has 5 heteroatoms. The molecule has 0 radical (unpaired) electrons. The molecule has 2 aromatic rings. The molecule has 134 valence electrons. The summed E-state index contributed by atoms with van der Waals surface area (Å²) in [5.74, 6) is 1.69. The molecule has 1 saturated heterocycles. The van der Waals surface area contributed by atoms with Gasteiger partial charge in [-0.15, -0.1) is 0 Å². The highest BCUT2D eigenvalue weighted by Crippen LogP contribution is 2.21. The molecule has 3 rings (SSSR count). The van der Waals surface area contributed by atoms with Gasteiger partial charge >= 0.3 is 0 Å². The molecule has 1 fully saturated rings. The average Bonchev–Trinajstić information content (AvgIpc) is 2.64. The minimum absolute atomic E-state index is 0.0585. The molecule has 1 aliphatic heterocycles. The number of rotatable bonds is 6. The lowest BCUT2D eigenvalue weighted by atomic mass is 9.95. The van der Waals surface area contributed by atoms with Gasteiger partial charge in [0.25, 0.3) is 5.56 Å². The minimum atomic E-state index is -0.0585. The van der Waals surface area contributed by atoms with Gasteiger partial charge in [0.1, 0.15) is 5.75 Å². The number of nitrogens with zero attached hydrogens (tertiary/aromatic N) is 2. The Labute approximate surface area is 149 Å². The summed E-state index contributed by atoms with van der Waals surface area (Å²) < 4.78 is 7.24. The van der Waals surface area contributed by atoms with E-state index >= 15 is 0 Å². The van der Waals surface area contributed by atoms with Gasteiger partial charge < -0.3 is 10.1 Å². The monoisotopic (exact) mass is 341 g/mol. The van der Waals surface area contributed by atoms with Crippen LogP contribution in [0.2, 0.25) is 0 Å². The largest absolute Gasteiger partial charge is 0.494 e. The first-order valence-electron chi connectivity index (χ1n) is 9.12. The maximum Gasteiger partial charge on any atom is 0.269 e. The summed E-state index contributed by atoms with van der Waals surface area (Å²) in [7, 11) is 1.68. The van der Waals surface area contributed by atoms with Gasteiger partial charge in [-0.2, -0.15) is 5.10 Å². The molecule has 1 N–H and O–H groups in total. The highest BCUT2D eigenvalue weighted by Gasteiger charge is 2.12. The van der Waals surface area contributed by atoms with Gasteiger partial charge in [-0.1, -0.05) is 0 Å². The van der Waals surface area contributed by atoms with Crippen LogP contribution in [0.5, 0.6) is 5.75 Å². The number of nitrogens with one attached hydrogen (secondary N) is 1. The van der Waals surface area contributed by atoms with Crippen LogP contribution in [0.15, 0.2) is 35.1 Å². The second-order valence-electron chi connectivity index (χ2n) is 6.87. The van der Waals surface area contributed by atoms with Crippen molar-refractivity contribution in [3.8, 4) is 17.0 Å². The maximum absolute atomic E-state index is 11.7. The maximum atomic E-state index is 11.7. The normalized spacial score (nSPS) is 17.4. The van der Waals surface area contributed by atoms with Crippen LogP contribution in [0.25, 0.3) is 11.3 Å². The van der Waals surface area contributed by atoms with Gasteiger partial charge in [-0.25, -0.2) is 4.68 Å². The zero-order valence-electron chi connectivity index (χ0n) is 15.1. The molecule has 1 atom stereocenters. The average molecular weight is 341 g/mol. The SMILES string of the molecule is Cc1cc(-c2ccc(OCCCC3CCCNC3)cc2)nn(C)c1=O. The van der Waals surface area contributed by atoms with Gasteiger partial charge in [0, 0.05) is 18.2 Å². The molecular formula is C20H27N3O2. The molecule has 1 aromatic heterocycles. The van der Waals surface area contributed by atoms with Crippen molar-refractivity contribution >= 4 is 0 Å². The third-order valence-corrected chi connectivity index (χ3v) is 4.82. The predicted molar refractivity (Wildman–Crippen MR) is 100.0 cm³/mol. The molecule has 5 nitrogen and oxygen atoms in total. The quantitative estimate of drug-likeness (QED) is 0.821. The third-order valence-electron chi connectivity index (χ3n) is 4.82. The first-order valence-corrected chi connectivity index (χ1v) is 9.12. The zero-order chi connectivity index (χ0) is 17.6. The van der Waals surface area contributed by atoms with Crippen molar-refractivity contribution < 1.29 is 4.74 Å². The van der Waals surface area contributed by atoms with Crippen molar-refractivity contribution in [1.82, 2.24) is 15.1 Å². The number of benzene rings is 1. The van der Waals surface area contributed by atoms with Gasteiger partial charge in [-0.3, -0.25) is 4.79 Å². The number of piperidine rings is 1. The van der Waals surface area contributed by atoms with Crippen LogP contribution >= 0.6 is 0 Å². The minimum Gasteiger partial charge on any atom is -0.494 e. The zero-order valence-corrected chi connectivity index (χ0v) is 15.1. The fourth-order valence-corrected chi connectivity index (χ4v) is 3.35. The molecule has 0 amide bonds. The van der Waals surface area contributed by atoms with Crippen LogP contribution in [0.1, 0.15) is 31.2 Å². The number of aromatic nitrogens is 2. The molecule has 25 heavy (non-hydrogen) atoms. The molecule has 1 unspecified atom stereocenters. The van der Waals surface area contributed by atoms with Crippen LogP contribution in [0.3, 0.4) is 0 Å². The van der Waals surface area contributed by atoms with E-state index in [4.69, 9.17) is 4.74 Å². The van der Waals surface area contributed by atoms with Crippen molar-refractivity contribution in [2.45, 2.75) is 32.6 Å². The van der Waals surface area contributed by atoms with Crippen LogP contribution in [-0.2, 0) is 7.05 Å². The first kappa shape index (κ1) is 17.7. The third kappa shape index (κ3) is 4.69. The lowest BCUT2D eigenvalue weighted by Gasteiger charge is -2.22. The standard InChI is InChI=1S/C20H27N3O2/c1-15-13-19(22-23(2)20(15)24)17-7-9-18(10-8-17)25-12-4-6-16-5-3-11-21-14-16/h7-10,13,16,21H,3-6,11-12,14H2,1-2H3. The molecule has 0 aliphatic carbocycles. The molecule has 1 aliphatic rings. The Hall–Kier alpha value is -2.14. The van der Waals surface area contributed by atoms with E-state index in [0.717, 1.165) is 42.5 Å². The second kappa shape index (κ2) is 8.30. The van der Waals surface area contributed by atoms with E-state index in [-0.39, 0.29) is 5.56 Å². The van der Waals surface area contributed by atoms with Crippen LogP contribution in [-0.4, -0.2) is 29.5 Å². The Morgan fingerprint density at radius 1 is 1.32 bits per heavy atom. The van der Waals surface area contributed by atoms with E-state index in [0.29, 0.717) is 5.56 Å². The van der Waals surface area contributed by atoms with Gasteiger partial charge in [0.2, 0.25) is 0 Å². The van der Waals surface area contributed by atoms with Crippen molar-refractivity contribution in [1.29, 1.82) is 0 Å².